The third-order valence-electron chi connectivity index (χ3n) is 2.97. The molecule has 2 aromatic carbocycles. The van der Waals surface area contributed by atoms with Gasteiger partial charge in [0.15, 0.2) is 0 Å². The molecule has 104 valence electrons. The van der Waals surface area contributed by atoms with E-state index < -0.39 is 17.9 Å². The number of aryl methyl sites for hydroxylation is 1. The number of carbonyl (C=O) groups is 1. The van der Waals surface area contributed by atoms with Gasteiger partial charge in [-0.05, 0) is 30.2 Å². The van der Waals surface area contributed by atoms with Crippen molar-refractivity contribution in [1.82, 2.24) is 0 Å². The van der Waals surface area contributed by atoms with Gasteiger partial charge in [-0.15, -0.1) is 0 Å². The summed E-state index contributed by atoms with van der Waals surface area (Å²) in [5.74, 6) is -1.40. The molecule has 2 aromatic rings. The summed E-state index contributed by atoms with van der Waals surface area (Å²) >= 11 is 0. The van der Waals surface area contributed by atoms with Crippen LogP contribution in [0.3, 0.4) is 0 Å². The van der Waals surface area contributed by atoms with Crippen LogP contribution < -0.4 is 4.74 Å². The van der Waals surface area contributed by atoms with E-state index in [-0.39, 0.29) is 5.56 Å². The highest BCUT2D eigenvalue weighted by Crippen LogP contribution is 2.25. The van der Waals surface area contributed by atoms with E-state index in [2.05, 4.69) is 0 Å². The van der Waals surface area contributed by atoms with E-state index in [9.17, 15) is 14.3 Å². The zero-order valence-electron chi connectivity index (χ0n) is 11.0. The van der Waals surface area contributed by atoms with Crippen LogP contribution in [0.25, 0.3) is 0 Å². The number of carboxylic acids is 1. The Bertz CT molecular complexity index is 610. The second-order valence-electron chi connectivity index (χ2n) is 4.36. The molecule has 0 aromatic heterocycles. The number of benzene rings is 2. The fourth-order valence-corrected chi connectivity index (χ4v) is 1.91. The highest BCUT2D eigenvalue weighted by atomic mass is 19.1. The van der Waals surface area contributed by atoms with Crippen LogP contribution in [0.5, 0.6) is 5.75 Å². The lowest BCUT2D eigenvalue weighted by Gasteiger charge is -2.16. The second-order valence-corrected chi connectivity index (χ2v) is 4.36. The number of rotatable bonds is 5. The summed E-state index contributed by atoms with van der Waals surface area (Å²) in [6.07, 6.45) is -0.544. The monoisotopic (exact) mass is 274 g/mol. The Morgan fingerprint density at radius 1 is 1.25 bits per heavy atom. The van der Waals surface area contributed by atoms with Crippen LogP contribution >= 0.6 is 0 Å². The minimum atomic E-state index is -1.36. The van der Waals surface area contributed by atoms with E-state index in [1.807, 2.05) is 13.0 Å². The van der Waals surface area contributed by atoms with E-state index in [1.165, 1.54) is 18.2 Å². The number of halogens is 1. The average molecular weight is 274 g/mol. The Labute approximate surface area is 116 Å². The van der Waals surface area contributed by atoms with Gasteiger partial charge in [0.1, 0.15) is 11.6 Å². The van der Waals surface area contributed by atoms with Crippen molar-refractivity contribution in [2.45, 2.75) is 19.4 Å². The van der Waals surface area contributed by atoms with Crippen molar-refractivity contribution >= 4 is 5.97 Å². The third-order valence-corrected chi connectivity index (χ3v) is 2.97. The minimum Gasteiger partial charge on any atom is -0.478 e. The van der Waals surface area contributed by atoms with Crippen LogP contribution in [-0.2, 0) is 11.2 Å². The summed E-state index contributed by atoms with van der Waals surface area (Å²) in [5, 5.41) is 9.25. The molecule has 0 radical (unpaired) electrons. The Morgan fingerprint density at radius 3 is 2.65 bits per heavy atom. The van der Waals surface area contributed by atoms with Crippen LogP contribution in [0.15, 0.2) is 48.5 Å². The summed E-state index contributed by atoms with van der Waals surface area (Å²) in [6.45, 7) is 1.99. The molecule has 0 aliphatic carbocycles. The van der Waals surface area contributed by atoms with Crippen molar-refractivity contribution in [1.29, 1.82) is 0 Å². The summed E-state index contributed by atoms with van der Waals surface area (Å²) in [6, 6.07) is 12.9. The van der Waals surface area contributed by atoms with Crippen molar-refractivity contribution in [2.75, 3.05) is 0 Å². The second kappa shape index (κ2) is 6.19. The zero-order chi connectivity index (χ0) is 14.5. The molecular weight excluding hydrogens is 259 g/mol. The highest BCUT2D eigenvalue weighted by molar-refractivity contribution is 5.75. The highest BCUT2D eigenvalue weighted by Gasteiger charge is 2.24. The molecule has 0 saturated heterocycles. The Kier molecular flexibility index (Phi) is 4.35. The molecule has 0 aliphatic heterocycles. The van der Waals surface area contributed by atoms with Crippen LogP contribution in [0, 0.1) is 5.82 Å². The van der Waals surface area contributed by atoms with Crippen LogP contribution in [0.1, 0.15) is 24.2 Å². The van der Waals surface area contributed by atoms with Crippen LogP contribution in [0.2, 0.25) is 0 Å². The summed E-state index contributed by atoms with van der Waals surface area (Å²) in [5.41, 5.74) is 1.04. The zero-order valence-corrected chi connectivity index (χ0v) is 11.0. The van der Waals surface area contributed by atoms with Crippen molar-refractivity contribution in [3.63, 3.8) is 0 Å². The summed E-state index contributed by atoms with van der Waals surface area (Å²) in [4.78, 5) is 11.3. The minimum absolute atomic E-state index is 0.0156. The summed E-state index contributed by atoms with van der Waals surface area (Å²) < 4.78 is 19.2. The molecule has 2 rings (SSSR count). The van der Waals surface area contributed by atoms with E-state index in [1.54, 1.807) is 24.3 Å². The number of aliphatic carboxylic acids is 1. The maximum absolute atomic E-state index is 13.7. The summed E-state index contributed by atoms with van der Waals surface area (Å²) in [7, 11) is 0. The molecule has 0 heterocycles. The molecule has 0 aliphatic rings. The molecule has 0 saturated carbocycles. The molecule has 20 heavy (non-hydrogen) atoms. The first-order chi connectivity index (χ1) is 9.61. The van der Waals surface area contributed by atoms with Crippen LogP contribution in [-0.4, -0.2) is 11.1 Å². The quantitative estimate of drug-likeness (QED) is 0.906. The molecule has 1 unspecified atom stereocenters. The topological polar surface area (TPSA) is 46.5 Å². The number of hydrogen-bond donors (Lipinski definition) is 1. The molecule has 1 atom stereocenters. The van der Waals surface area contributed by atoms with Crippen molar-refractivity contribution in [2.24, 2.45) is 0 Å². The van der Waals surface area contributed by atoms with Crippen molar-refractivity contribution in [3.8, 4) is 5.75 Å². The van der Waals surface area contributed by atoms with E-state index >= 15 is 0 Å². The van der Waals surface area contributed by atoms with Gasteiger partial charge in [-0.25, -0.2) is 9.18 Å². The first kappa shape index (κ1) is 14.1. The lowest BCUT2D eigenvalue weighted by atomic mass is 10.1. The number of carboxylic acid groups (broad SMARTS) is 1. The van der Waals surface area contributed by atoms with Crippen molar-refractivity contribution in [3.05, 3.63) is 65.5 Å². The Balaban J connectivity index is 2.31. The van der Waals surface area contributed by atoms with Gasteiger partial charge >= 0.3 is 5.97 Å². The molecular formula is C16H15FO3. The smallest absolute Gasteiger partial charge is 0.349 e. The maximum atomic E-state index is 13.7. The first-order valence-corrected chi connectivity index (χ1v) is 6.34. The van der Waals surface area contributed by atoms with Gasteiger partial charge in [0.05, 0.1) is 0 Å². The van der Waals surface area contributed by atoms with Gasteiger partial charge in [0, 0.05) is 5.56 Å². The molecule has 1 N–H and O–H groups in total. The lowest BCUT2D eigenvalue weighted by molar-refractivity contribution is -0.145. The number of ether oxygens (including phenoxy) is 1. The lowest BCUT2D eigenvalue weighted by Crippen LogP contribution is -2.19. The first-order valence-electron chi connectivity index (χ1n) is 6.34. The normalized spacial score (nSPS) is 11.9. The van der Waals surface area contributed by atoms with E-state index in [4.69, 9.17) is 4.74 Å². The average Bonchev–Trinajstić information content (AvgIpc) is 2.45. The fraction of sp³-hybridized carbons (Fsp3) is 0.188. The van der Waals surface area contributed by atoms with Crippen molar-refractivity contribution < 1.29 is 19.0 Å². The molecule has 4 heteroatoms. The van der Waals surface area contributed by atoms with Gasteiger partial charge in [0.25, 0.3) is 0 Å². The van der Waals surface area contributed by atoms with Gasteiger partial charge in [0.2, 0.25) is 6.10 Å². The van der Waals surface area contributed by atoms with Gasteiger partial charge in [-0.2, -0.15) is 0 Å². The SMILES string of the molecule is CCc1cccc(OC(C(=O)O)c2ccccc2F)c1. The van der Waals surface area contributed by atoms with Gasteiger partial charge in [-0.1, -0.05) is 37.3 Å². The Hall–Kier alpha value is -2.36. The molecule has 0 bridgehead atoms. The predicted molar refractivity (Wildman–Crippen MR) is 73.2 cm³/mol. The molecule has 0 amide bonds. The predicted octanol–water partition coefficient (Wildman–Crippen LogP) is 3.59. The van der Waals surface area contributed by atoms with Gasteiger partial charge in [-0.3, -0.25) is 0 Å². The molecule has 0 fully saturated rings. The largest absolute Gasteiger partial charge is 0.478 e. The maximum Gasteiger partial charge on any atom is 0.349 e. The third kappa shape index (κ3) is 3.15. The molecule has 3 nitrogen and oxygen atoms in total. The number of hydrogen-bond acceptors (Lipinski definition) is 2. The fourth-order valence-electron chi connectivity index (χ4n) is 1.91. The Morgan fingerprint density at radius 2 is 2.00 bits per heavy atom. The van der Waals surface area contributed by atoms with Gasteiger partial charge < -0.3 is 9.84 Å². The van der Waals surface area contributed by atoms with E-state index in [0.717, 1.165) is 12.0 Å². The molecule has 0 spiro atoms. The van der Waals surface area contributed by atoms with Crippen LogP contribution in [0.4, 0.5) is 4.39 Å². The standard InChI is InChI=1S/C16H15FO3/c1-2-11-6-5-7-12(10-11)20-15(16(18)19)13-8-3-4-9-14(13)17/h3-10,15H,2H2,1H3,(H,18,19). The van der Waals surface area contributed by atoms with E-state index in [0.29, 0.717) is 5.75 Å².